The molecule has 2 fully saturated rings. The van der Waals surface area contributed by atoms with Crippen molar-refractivity contribution in [3.05, 3.63) is 23.9 Å². The maximum absolute atomic E-state index is 12.2. The van der Waals surface area contributed by atoms with Crippen LogP contribution in [0.3, 0.4) is 0 Å². The van der Waals surface area contributed by atoms with E-state index in [0.717, 1.165) is 45.1 Å². The molecule has 0 spiro atoms. The highest BCUT2D eigenvalue weighted by atomic mass is 16.5. The van der Waals surface area contributed by atoms with Crippen LogP contribution in [0.5, 0.6) is 0 Å². The Morgan fingerprint density at radius 1 is 1.33 bits per heavy atom. The van der Waals surface area contributed by atoms with Crippen molar-refractivity contribution in [1.29, 1.82) is 0 Å². The summed E-state index contributed by atoms with van der Waals surface area (Å²) in [6.45, 7) is 8.86. The van der Waals surface area contributed by atoms with Crippen LogP contribution in [-0.4, -0.2) is 73.2 Å². The summed E-state index contributed by atoms with van der Waals surface area (Å²) in [6, 6.07) is 4.11. The van der Waals surface area contributed by atoms with Crippen LogP contribution in [0.4, 0.5) is 5.82 Å². The third kappa shape index (κ3) is 4.92. The number of aryl methyl sites for hydroxylation is 1. The number of nitrogens with zero attached hydrogens (tertiary/aromatic N) is 3. The normalized spacial score (nSPS) is 21.9. The van der Waals surface area contributed by atoms with E-state index in [1.165, 1.54) is 12.0 Å². The van der Waals surface area contributed by atoms with E-state index in [9.17, 15) is 4.79 Å². The molecule has 0 radical (unpaired) electrons. The first-order chi connectivity index (χ1) is 11.7. The molecule has 0 aliphatic carbocycles. The number of rotatable bonds is 6. The first kappa shape index (κ1) is 17.2. The molecule has 2 saturated heterocycles. The molecule has 1 unspecified atom stereocenters. The van der Waals surface area contributed by atoms with Crippen molar-refractivity contribution in [2.75, 3.05) is 57.8 Å². The van der Waals surface area contributed by atoms with E-state index in [1.54, 1.807) is 0 Å². The second-order valence-electron chi connectivity index (χ2n) is 6.80. The molecule has 6 heteroatoms. The maximum atomic E-state index is 12.2. The largest absolute Gasteiger partial charge is 0.378 e. The molecule has 2 aliphatic rings. The molecule has 24 heavy (non-hydrogen) atoms. The molecule has 1 aromatic heterocycles. The van der Waals surface area contributed by atoms with Crippen molar-refractivity contribution in [3.8, 4) is 0 Å². The molecule has 3 heterocycles. The van der Waals surface area contributed by atoms with Crippen LogP contribution in [0.15, 0.2) is 18.3 Å². The molecular weight excluding hydrogens is 304 g/mol. The molecule has 1 amide bonds. The van der Waals surface area contributed by atoms with E-state index in [-0.39, 0.29) is 5.91 Å². The average Bonchev–Trinajstić information content (AvgIpc) is 3.08. The van der Waals surface area contributed by atoms with Gasteiger partial charge in [-0.3, -0.25) is 4.79 Å². The van der Waals surface area contributed by atoms with Crippen molar-refractivity contribution in [2.45, 2.75) is 19.8 Å². The van der Waals surface area contributed by atoms with Crippen molar-refractivity contribution in [3.63, 3.8) is 0 Å². The number of ether oxygens (including phenoxy) is 1. The molecule has 0 bridgehead atoms. The number of nitrogens with one attached hydrogen (secondary N) is 1. The monoisotopic (exact) mass is 332 g/mol. The predicted octanol–water partition coefficient (Wildman–Crippen LogP) is 1.37. The SMILES string of the molecule is Cc1ccc(NCC2CCN(CCC(=O)N3CCOCC3)C2)nc1. The fourth-order valence-electron chi connectivity index (χ4n) is 3.33. The van der Waals surface area contributed by atoms with Gasteiger partial charge in [0.1, 0.15) is 5.82 Å². The number of hydrogen-bond acceptors (Lipinski definition) is 5. The topological polar surface area (TPSA) is 57.7 Å². The molecule has 0 aromatic carbocycles. The summed E-state index contributed by atoms with van der Waals surface area (Å²) in [5, 5.41) is 3.42. The molecular formula is C18H28N4O2. The highest BCUT2D eigenvalue weighted by Gasteiger charge is 2.24. The lowest BCUT2D eigenvalue weighted by Gasteiger charge is -2.27. The third-order valence-corrected chi connectivity index (χ3v) is 4.86. The molecule has 2 aliphatic heterocycles. The van der Waals surface area contributed by atoms with E-state index in [4.69, 9.17) is 4.74 Å². The van der Waals surface area contributed by atoms with E-state index in [0.29, 0.717) is 25.6 Å². The first-order valence-corrected chi connectivity index (χ1v) is 8.95. The zero-order valence-corrected chi connectivity index (χ0v) is 14.5. The van der Waals surface area contributed by atoms with Crippen LogP contribution in [-0.2, 0) is 9.53 Å². The van der Waals surface area contributed by atoms with Gasteiger partial charge in [-0.1, -0.05) is 6.07 Å². The van der Waals surface area contributed by atoms with Crippen molar-refractivity contribution in [1.82, 2.24) is 14.8 Å². The van der Waals surface area contributed by atoms with Crippen molar-refractivity contribution >= 4 is 11.7 Å². The second-order valence-corrected chi connectivity index (χ2v) is 6.80. The Balaban J connectivity index is 1.34. The summed E-state index contributed by atoms with van der Waals surface area (Å²) >= 11 is 0. The van der Waals surface area contributed by atoms with Crippen LogP contribution in [0.2, 0.25) is 0 Å². The number of carbonyl (C=O) groups excluding carboxylic acids is 1. The molecule has 132 valence electrons. The minimum atomic E-state index is 0.267. The van der Waals surface area contributed by atoms with Crippen molar-refractivity contribution in [2.24, 2.45) is 5.92 Å². The van der Waals surface area contributed by atoms with Gasteiger partial charge in [0.15, 0.2) is 0 Å². The Morgan fingerprint density at radius 2 is 2.17 bits per heavy atom. The summed E-state index contributed by atoms with van der Waals surface area (Å²) in [5.41, 5.74) is 1.18. The summed E-state index contributed by atoms with van der Waals surface area (Å²) in [6.07, 6.45) is 3.70. The van der Waals surface area contributed by atoms with Crippen LogP contribution in [0.25, 0.3) is 0 Å². The van der Waals surface area contributed by atoms with E-state index in [1.807, 2.05) is 24.1 Å². The number of morpholine rings is 1. The Kier molecular flexibility index (Phi) is 6.04. The minimum Gasteiger partial charge on any atom is -0.378 e. The highest BCUT2D eigenvalue weighted by Crippen LogP contribution is 2.17. The number of anilines is 1. The number of aromatic nitrogens is 1. The molecule has 1 aromatic rings. The number of amides is 1. The fraction of sp³-hybridized carbons (Fsp3) is 0.667. The smallest absolute Gasteiger partial charge is 0.224 e. The van der Waals surface area contributed by atoms with Gasteiger partial charge in [0, 0.05) is 45.3 Å². The second kappa shape index (κ2) is 8.44. The standard InChI is InChI=1S/C18H28N4O2/c1-15-2-3-17(19-12-15)20-13-16-4-6-21(14-16)7-5-18(23)22-8-10-24-11-9-22/h2-3,12,16H,4-11,13-14H2,1H3,(H,19,20). The molecule has 1 atom stereocenters. The Bertz CT molecular complexity index is 528. The van der Waals surface area contributed by atoms with Crippen LogP contribution >= 0.6 is 0 Å². The fourth-order valence-corrected chi connectivity index (χ4v) is 3.33. The highest BCUT2D eigenvalue weighted by molar-refractivity contribution is 5.76. The Labute approximate surface area is 144 Å². The summed E-state index contributed by atoms with van der Waals surface area (Å²) in [5.74, 6) is 1.84. The number of carbonyl (C=O) groups is 1. The van der Waals surface area contributed by atoms with Gasteiger partial charge < -0.3 is 19.9 Å². The molecule has 3 rings (SSSR count). The van der Waals surface area contributed by atoms with Gasteiger partial charge in [-0.15, -0.1) is 0 Å². The minimum absolute atomic E-state index is 0.267. The van der Waals surface area contributed by atoms with Gasteiger partial charge in [0.05, 0.1) is 13.2 Å². The third-order valence-electron chi connectivity index (χ3n) is 4.86. The van der Waals surface area contributed by atoms with E-state index in [2.05, 4.69) is 21.3 Å². The zero-order valence-electron chi connectivity index (χ0n) is 14.5. The molecule has 0 saturated carbocycles. The number of hydrogen-bond donors (Lipinski definition) is 1. The van der Waals surface area contributed by atoms with E-state index < -0.39 is 0 Å². The maximum Gasteiger partial charge on any atom is 0.224 e. The van der Waals surface area contributed by atoms with Gasteiger partial charge in [0.2, 0.25) is 5.91 Å². The lowest BCUT2D eigenvalue weighted by atomic mass is 10.1. The van der Waals surface area contributed by atoms with Gasteiger partial charge in [-0.2, -0.15) is 0 Å². The Hall–Kier alpha value is -1.66. The van der Waals surface area contributed by atoms with Crippen LogP contribution < -0.4 is 5.32 Å². The summed E-state index contributed by atoms with van der Waals surface area (Å²) < 4.78 is 5.30. The molecule has 6 nitrogen and oxygen atoms in total. The lowest BCUT2D eigenvalue weighted by Crippen LogP contribution is -2.41. The van der Waals surface area contributed by atoms with Gasteiger partial charge in [0.25, 0.3) is 0 Å². The van der Waals surface area contributed by atoms with Gasteiger partial charge >= 0.3 is 0 Å². The Morgan fingerprint density at radius 3 is 2.92 bits per heavy atom. The van der Waals surface area contributed by atoms with Gasteiger partial charge in [-0.25, -0.2) is 4.98 Å². The lowest BCUT2D eigenvalue weighted by molar-refractivity contribution is -0.135. The van der Waals surface area contributed by atoms with Crippen LogP contribution in [0.1, 0.15) is 18.4 Å². The quantitative estimate of drug-likeness (QED) is 0.853. The van der Waals surface area contributed by atoms with Crippen molar-refractivity contribution < 1.29 is 9.53 Å². The summed E-state index contributed by atoms with van der Waals surface area (Å²) in [4.78, 5) is 20.9. The first-order valence-electron chi connectivity index (χ1n) is 8.95. The molecule has 1 N–H and O–H groups in total. The van der Waals surface area contributed by atoms with Crippen LogP contribution in [0, 0.1) is 12.8 Å². The number of likely N-dealkylation sites (tertiary alicyclic amines) is 1. The average molecular weight is 332 g/mol. The van der Waals surface area contributed by atoms with E-state index >= 15 is 0 Å². The predicted molar refractivity (Wildman–Crippen MR) is 94.0 cm³/mol. The zero-order chi connectivity index (χ0) is 16.8. The van der Waals surface area contributed by atoms with Gasteiger partial charge in [-0.05, 0) is 37.4 Å². The summed E-state index contributed by atoms with van der Waals surface area (Å²) in [7, 11) is 0. The number of pyridine rings is 1.